The monoisotopic (exact) mass is 371 g/mol. The van der Waals surface area contributed by atoms with Crippen LogP contribution in [0.2, 0.25) is 5.02 Å². The molecule has 3 nitrogen and oxygen atoms in total. The van der Waals surface area contributed by atoms with Gasteiger partial charge in [-0.3, -0.25) is 14.5 Å². The zero-order valence-corrected chi connectivity index (χ0v) is 15.9. The molecular weight excluding hydrogens is 346 g/mol. The second-order valence-electron chi connectivity index (χ2n) is 9.47. The Bertz CT molecular complexity index is 706. The van der Waals surface area contributed by atoms with E-state index in [1.807, 2.05) is 24.3 Å². The lowest BCUT2D eigenvalue weighted by atomic mass is 9.49. The highest BCUT2D eigenvalue weighted by Gasteiger charge is 2.53. The number of halogens is 1. The van der Waals surface area contributed by atoms with Crippen LogP contribution in [0.25, 0.3) is 0 Å². The first-order valence-electron chi connectivity index (χ1n) is 10.1. The summed E-state index contributed by atoms with van der Waals surface area (Å²) in [6, 6.07) is 7.63. The number of imide groups is 1. The smallest absolute Gasteiger partial charge is 0.233 e. The molecule has 0 aromatic heterocycles. The number of likely N-dealkylation sites (tertiary alicyclic amines) is 1. The third-order valence-corrected chi connectivity index (χ3v) is 7.64. The molecule has 6 rings (SSSR count). The standard InChI is InChI=1S/C22H26ClNO2/c23-19-3-1-14(2-4-19)8-18-9-20(25)24(21(18)26)13-22-10-15-5-16(11-22)7-17(6-15)12-22/h1-4,15-18H,5-13H2/t15?,16?,17?,18-,22?/m0/s1. The lowest BCUT2D eigenvalue weighted by Gasteiger charge is -2.57. The van der Waals surface area contributed by atoms with Crippen LogP contribution in [0.15, 0.2) is 24.3 Å². The van der Waals surface area contributed by atoms with E-state index in [0.29, 0.717) is 24.4 Å². The fourth-order valence-corrected chi connectivity index (χ4v) is 6.93. The van der Waals surface area contributed by atoms with E-state index in [1.165, 1.54) is 38.5 Å². The van der Waals surface area contributed by atoms with Crippen LogP contribution in [0, 0.1) is 29.1 Å². The Morgan fingerprint density at radius 3 is 2.12 bits per heavy atom. The average Bonchev–Trinajstić information content (AvgIpc) is 2.83. The molecule has 2 amide bonds. The van der Waals surface area contributed by atoms with Crippen molar-refractivity contribution in [2.75, 3.05) is 6.54 Å². The predicted octanol–water partition coefficient (Wildman–Crippen LogP) is 4.47. The molecule has 0 N–H and O–H groups in total. The Morgan fingerprint density at radius 1 is 0.962 bits per heavy atom. The second-order valence-corrected chi connectivity index (χ2v) is 9.90. The molecular formula is C22H26ClNO2. The molecule has 4 heteroatoms. The maximum absolute atomic E-state index is 13.0. The Balaban J connectivity index is 1.30. The largest absolute Gasteiger partial charge is 0.282 e. The van der Waals surface area contributed by atoms with E-state index in [4.69, 9.17) is 11.6 Å². The average molecular weight is 372 g/mol. The lowest BCUT2D eigenvalue weighted by molar-refractivity contribution is -0.145. The quantitative estimate of drug-likeness (QED) is 0.732. The van der Waals surface area contributed by atoms with E-state index in [0.717, 1.165) is 23.3 Å². The van der Waals surface area contributed by atoms with Crippen molar-refractivity contribution in [3.05, 3.63) is 34.9 Å². The summed E-state index contributed by atoms with van der Waals surface area (Å²) >= 11 is 5.95. The van der Waals surface area contributed by atoms with Gasteiger partial charge in [-0.1, -0.05) is 23.7 Å². The minimum absolute atomic E-state index is 0.0460. The summed E-state index contributed by atoms with van der Waals surface area (Å²) in [6.07, 6.45) is 8.88. The summed E-state index contributed by atoms with van der Waals surface area (Å²) in [4.78, 5) is 27.3. The van der Waals surface area contributed by atoms with E-state index in [1.54, 1.807) is 4.90 Å². The van der Waals surface area contributed by atoms with Crippen molar-refractivity contribution in [3.63, 3.8) is 0 Å². The highest BCUT2D eigenvalue weighted by molar-refractivity contribution is 6.30. The highest BCUT2D eigenvalue weighted by atomic mass is 35.5. The summed E-state index contributed by atoms with van der Waals surface area (Å²) in [5, 5.41) is 0.700. The first-order valence-corrected chi connectivity index (χ1v) is 10.5. The summed E-state index contributed by atoms with van der Waals surface area (Å²) in [5.41, 5.74) is 1.31. The van der Waals surface area contributed by atoms with E-state index in [9.17, 15) is 9.59 Å². The molecule has 1 saturated heterocycles. The predicted molar refractivity (Wildman–Crippen MR) is 101 cm³/mol. The van der Waals surface area contributed by atoms with Crippen LogP contribution in [0.1, 0.15) is 50.5 Å². The SMILES string of the molecule is O=C1C[C@H](Cc2ccc(Cl)cc2)C(=O)N1CC12CC3CC(CC(C3)C1)C2. The summed E-state index contributed by atoms with van der Waals surface area (Å²) in [5.74, 6) is 2.44. The Hall–Kier alpha value is -1.35. The molecule has 0 unspecified atom stereocenters. The van der Waals surface area contributed by atoms with E-state index in [2.05, 4.69) is 0 Å². The molecule has 1 aromatic rings. The van der Waals surface area contributed by atoms with Gasteiger partial charge in [0.25, 0.3) is 0 Å². The Morgan fingerprint density at radius 2 is 1.54 bits per heavy atom. The summed E-state index contributed by atoms with van der Waals surface area (Å²) < 4.78 is 0. The molecule has 26 heavy (non-hydrogen) atoms. The van der Waals surface area contributed by atoms with Gasteiger partial charge in [0.2, 0.25) is 11.8 Å². The topological polar surface area (TPSA) is 37.4 Å². The molecule has 1 aromatic carbocycles. The maximum atomic E-state index is 13.0. The van der Waals surface area contributed by atoms with Crippen molar-refractivity contribution in [2.45, 2.75) is 51.4 Å². The van der Waals surface area contributed by atoms with Crippen molar-refractivity contribution in [1.82, 2.24) is 4.90 Å². The normalized spacial score (nSPS) is 38.4. The zero-order valence-electron chi connectivity index (χ0n) is 15.1. The third kappa shape index (κ3) is 2.89. The number of rotatable bonds is 4. The molecule has 1 heterocycles. The minimum atomic E-state index is -0.197. The first kappa shape index (κ1) is 16.8. The van der Waals surface area contributed by atoms with Gasteiger partial charge in [0.1, 0.15) is 0 Å². The molecule has 4 bridgehead atoms. The van der Waals surface area contributed by atoms with Gasteiger partial charge in [-0.05, 0) is 85.8 Å². The number of benzene rings is 1. The van der Waals surface area contributed by atoms with Crippen LogP contribution in [-0.4, -0.2) is 23.3 Å². The Labute approximate surface area is 160 Å². The molecule has 4 aliphatic carbocycles. The summed E-state index contributed by atoms with van der Waals surface area (Å²) in [7, 11) is 0. The second kappa shape index (κ2) is 6.09. The number of hydrogen-bond donors (Lipinski definition) is 0. The van der Waals surface area contributed by atoms with Gasteiger partial charge >= 0.3 is 0 Å². The maximum Gasteiger partial charge on any atom is 0.233 e. The number of carbonyl (C=O) groups excluding carboxylic acids is 2. The zero-order chi connectivity index (χ0) is 17.9. The van der Waals surface area contributed by atoms with Crippen LogP contribution in [-0.2, 0) is 16.0 Å². The van der Waals surface area contributed by atoms with Crippen LogP contribution in [0.3, 0.4) is 0 Å². The molecule has 0 spiro atoms. The fourth-order valence-electron chi connectivity index (χ4n) is 6.80. The van der Waals surface area contributed by atoms with Gasteiger partial charge < -0.3 is 0 Å². The highest BCUT2D eigenvalue weighted by Crippen LogP contribution is 2.60. The van der Waals surface area contributed by atoms with Gasteiger partial charge in [0.05, 0.1) is 5.92 Å². The molecule has 1 atom stereocenters. The minimum Gasteiger partial charge on any atom is -0.282 e. The molecule has 0 radical (unpaired) electrons. The van der Waals surface area contributed by atoms with Crippen molar-refractivity contribution in [1.29, 1.82) is 0 Å². The van der Waals surface area contributed by atoms with E-state index in [-0.39, 0.29) is 23.1 Å². The van der Waals surface area contributed by atoms with Crippen LogP contribution < -0.4 is 0 Å². The fraction of sp³-hybridized carbons (Fsp3) is 0.636. The lowest BCUT2D eigenvalue weighted by Crippen LogP contribution is -2.52. The van der Waals surface area contributed by atoms with Gasteiger partial charge in [0, 0.05) is 18.0 Å². The molecule has 138 valence electrons. The van der Waals surface area contributed by atoms with Crippen LogP contribution in [0.5, 0.6) is 0 Å². The van der Waals surface area contributed by atoms with Gasteiger partial charge in [0.15, 0.2) is 0 Å². The van der Waals surface area contributed by atoms with Gasteiger partial charge in [-0.15, -0.1) is 0 Å². The molecule has 5 aliphatic rings. The number of hydrogen-bond acceptors (Lipinski definition) is 2. The first-order chi connectivity index (χ1) is 12.5. The van der Waals surface area contributed by atoms with E-state index < -0.39 is 0 Å². The molecule has 4 saturated carbocycles. The van der Waals surface area contributed by atoms with Crippen LogP contribution in [0.4, 0.5) is 0 Å². The van der Waals surface area contributed by atoms with Gasteiger partial charge in [-0.25, -0.2) is 0 Å². The number of nitrogens with zero attached hydrogens (tertiary/aromatic N) is 1. The number of amides is 2. The third-order valence-electron chi connectivity index (χ3n) is 7.39. The van der Waals surface area contributed by atoms with E-state index >= 15 is 0 Å². The van der Waals surface area contributed by atoms with Crippen molar-refractivity contribution in [3.8, 4) is 0 Å². The molecule has 1 aliphatic heterocycles. The number of carbonyl (C=O) groups is 2. The van der Waals surface area contributed by atoms with Gasteiger partial charge in [-0.2, -0.15) is 0 Å². The van der Waals surface area contributed by atoms with Crippen molar-refractivity contribution in [2.24, 2.45) is 29.1 Å². The van der Waals surface area contributed by atoms with Crippen molar-refractivity contribution < 1.29 is 9.59 Å². The van der Waals surface area contributed by atoms with Crippen molar-refractivity contribution >= 4 is 23.4 Å². The molecule has 5 fully saturated rings. The summed E-state index contributed by atoms with van der Waals surface area (Å²) in [6.45, 7) is 0.686. The Kier molecular flexibility index (Phi) is 3.93. The van der Waals surface area contributed by atoms with Crippen LogP contribution >= 0.6 is 11.6 Å².